The lowest BCUT2D eigenvalue weighted by Crippen LogP contribution is -2.66. The smallest absolute Gasteiger partial charge is 0.186 e. The number of carbonyl (C=O) groups is 1. The monoisotopic (exact) mass is 398 g/mol. The fraction of sp³-hybridized carbons (Fsp3) is 0.850. The summed E-state index contributed by atoms with van der Waals surface area (Å²) in [5, 5.41) is 23.0. The van der Waals surface area contributed by atoms with Crippen molar-refractivity contribution >= 4 is 21.7 Å². The van der Waals surface area contributed by atoms with E-state index in [9.17, 15) is 15.0 Å². The van der Waals surface area contributed by atoms with Crippen LogP contribution < -0.4 is 0 Å². The molecule has 0 saturated heterocycles. The Kier molecular flexibility index (Phi) is 4.59. The molecule has 4 heteroatoms. The number of allylic oxidation sites excluding steroid dienone is 1. The summed E-state index contributed by atoms with van der Waals surface area (Å²) < 4.78 is 0. The number of carbonyl (C=O) groups excluding carboxylic acids is 1. The van der Waals surface area contributed by atoms with Gasteiger partial charge in [0.05, 0.1) is 6.10 Å². The van der Waals surface area contributed by atoms with Gasteiger partial charge in [-0.15, -0.1) is 0 Å². The van der Waals surface area contributed by atoms with Crippen LogP contribution in [0.1, 0.15) is 53.4 Å². The van der Waals surface area contributed by atoms with Crippen molar-refractivity contribution in [2.75, 3.05) is 5.33 Å². The second-order valence-corrected chi connectivity index (χ2v) is 9.78. The molecular formula is C20H31BrO3. The van der Waals surface area contributed by atoms with Crippen molar-refractivity contribution in [3.8, 4) is 0 Å². The third-order valence-corrected chi connectivity index (χ3v) is 8.61. The Hall–Kier alpha value is -0.190. The van der Waals surface area contributed by atoms with E-state index in [0.29, 0.717) is 11.8 Å². The second-order valence-electron chi connectivity index (χ2n) is 9.22. The van der Waals surface area contributed by atoms with E-state index < -0.39 is 11.7 Å². The normalized spacial score (nSPS) is 51.4. The molecule has 0 radical (unpaired) electrons. The van der Waals surface area contributed by atoms with Gasteiger partial charge in [0.1, 0.15) is 5.60 Å². The van der Waals surface area contributed by atoms with Crippen LogP contribution in [0.4, 0.5) is 0 Å². The number of hydrogen-bond donors (Lipinski definition) is 2. The maximum Gasteiger partial charge on any atom is 0.186 e. The first kappa shape index (κ1) is 18.6. The molecule has 7 atom stereocenters. The summed E-state index contributed by atoms with van der Waals surface area (Å²) in [7, 11) is 0. The Morgan fingerprint density at radius 3 is 2.54 bits per heavy atom. The number of ketones is 1. The number of aliphatic hydroxyl groups excluding tert-OH is 1. The van der Waals surface area contributed by atoms with E-state index in [-0.39, 0.29) is 28.4 Å². The zero-order chi connectivity index (χ0) is 17.9. The fourth-order valence-electron chi connectivity index (χ4n) is 6.44. The van der Waals surface area contributed by atoms with E-state index in [2.05, 4.69) is 36.7 Å². The van der Waals surface area contributed by atoms with Gasteiger partial charge < -0.3 is 10.2 Å². The van der Waals surface area contributed by atoms with E-state index in [1.807, 2.05) is 6.08 Å². The lowest BCUT2D eigenvalue weighted by Gasteiger charge is -2.64. The third kappa shape index (κ3) is 2.39. The third-order valence-electron chi connectivity index (χ3n) is 7.56. The van der Waals surface area contributed by atoms with Gasteiger partial charge in [0, 0.05) is 11.2 Å². The van der Waals surface area contributed by atoms with E-state index >= 15 is 0 Å². The topological polar surface area (TPSA) is 57.5 Å². The maximum atomic E-state index is 12.5. The highest BCUT2D eigenvalue weighted by molar-refractivity contribution is 9.09. The molecule has 3 aliphatic carbocycles. The van der Waals surface area contributed by atoms with Crippen molar-refractivity contribution in [2.45, 2.75) is 65.1 Å². The largest absolute Gasteiger partial charge is 0.393 e. The second kappa shape index (κ2) is 5.92. The van der Waals surface area contributed by atoms with Gasteiger partial charge in [-0.05, 0) is 67.3 Å². The van der Waals surface area contributed by atoms with Gasteiger partial charge in [-0.2, -0.15) is 0 Å². The molecule has 2 N–H and O–H groups in total. The Bertz CT molecular complexity index is 555. The Balaban J connectivity index is 2.16. The Morgan fingerprint density at radius 2 is 1.96 bits per heavy atom. The van der Waals surface area contributed by atoms with Crippen molar-refractivity contribution in [2.24, 2.45) is 34.5 Å². The number of halogens is 1. The molecule has 24 heavy (non-hydrogen) atoms. The highest BCUT2D eigenvalue weighted by Gasteiger charge is 2.65. The molecule has 136 valence electrons. The number of aliphatic hydroxyl groups is 2. The van der Waals surface area contributed by atoms with Crippen LogP contribution in [-0.4, -0.2) is 33.0 Å². The number of rotatable bonds is 2. The van der Waals surface area contributed by atoms with Crippen LogP contribution in [-0.2, 0) is 4.79 Å². The van der Waals surface area contributed by atoms with Crippen LogP contribution in [0.25, 0.3) is 0 Å². The van der Waals surface area contributed by atoms with Gasteiger partial charge in [-0.1, -0.05) is 42.8 Å². The molecule has 0 amide bonds. The summed E-state index contributed by atoms with van der Waals surface area (Å²) in [5.74, 6) is 0.536. The molecule has 0 unspecified atom stereocenters. The van der Waals surface area contributed by atoms with E-state index in [1.54, 1.807) is 13.0 Å². The minimum atomic E-state index is -1.40. The average molecular weight is 399 g/mol. The van der Waals surface area contributed by atoms with Crippen LogP contribution in [0.15, 0.2) is 12.2 Å². The standard InChI is InChI=1S/C20H31BrO3/c1-12(2)13-5-6-14(22)16-17-18(3,9-10-20(13,16)11-21)8-7-15(23)19(17,4)24/h7-8,12-14,16-17,22,24H,5-6,9-11H2,1-4H3/t13-,14-,16-,17-,18-,19-,20-/m0/s1. The van der Waals surface area contributed by atoms with Gasteiger partial charge in [-0.3, -0.25) is 4.79 Å². The predicted octanol–water partition coefficient (Wildman–Crippen LogP) is 3.72. The summed E-state index contributed by atoms with van der Waals surface area (Å²) in [4.78, 5) is 12.5. The molecule has 0 aromatic carbocycles. The van der Waals surface area contributed by atoms with Crippen molar-refractivity contribution < 1.29 is 15.0 Å². The zero-order valence-corrected chi connectivity index (χ0v) is 16.8. The highest BCUT2D eigenvalue weighted by Crippen LogP contribution is 2.65. The Morgan fingerprint density at radius 1 is 1.29 bits per heavy atom. The molecule has 3 aliphatic rings. The average Bonchev–Trinajstić information content (AvgIpc) is 2.51. The number of alkyl halides is 1. The van der Waals surface area contributed by atoms with Crippen LogP contribution in [0.3, 0.4) is 0 Å². The Labute approximate surface area is 154 Å². The van der Waals surface area contributed by atoms with Crippen LogP contribution >= 0.6 is 15.9 Å². The number of fused-ring (bicyclic) bond motifs is 3. The summed E-state index contributed by atoms with van der Waals surface area (Å²) >= 11 is 3.77. The van der Waals surface area contributed by atoms with Crippen LogP contribution in [0.5, 0.6) is 0 Å². The van der Waals surface area contributed by atoms with Crippen molar-refractivity contribution in [1.82, 2.24) is 0 Å². The number of hydrogen-bond acceptors (Lipinski definition) is 3. The van der Waals surface area contributed by atoms with E-state index in [1.165, 1.54) is 0 Å². The van der Waals surface area contributed by atoms with E-state index in [4.69, 9.17) is 0 Å². The molecule has 2 saturated carbocycles. The zero-order valence-electron chi connectivity index (χ0n) is 15.3. The molecule has 0 aliphatic heterocycles. The van der Waals surface area contributed by atoms with Crippen LogP contribution in [0.2, 0.25) is 0 Å². The highest BCUT2D eigenvalue weighted by atomic mass is 79.9. The maximum absolute atomic E-state index is 12.5. The van der Waals surface area contributed by atoms with Gasteiger partial charge in [0.2, 0.25) is 0 Å². The SMILES string of the molecule is CC(C)[C@@H]1CC[C@H](O)[C@H]2[C@H]3[C@@](C)(C=CC(=O)[C@]3(C)O)CC[C@@]21CBr. The van der Waals surface area contributed by atoms with Gasteiger partial charge in [-0.25, -0.2) is 0 Å². The van der Waals surface area contributed by atoms with Gasteiger partial charge in [0.25, 0.3) is 0 Å². The summed E-state index contributed by atoms with van der Waals surface area (Å²) in [6.07, 6.45) is 6.89. The lowest BCUT2D eigenvalue weighted by atomic mass is 9.41. The van der Waals surface area contributed by atoms with Crippen molar-refractivity contribution in [3.63, 3.8) is 0 Å². The fourth-order valence-corrected chi connectivity index (χ4v) is 7.51. The first-order valence-corrected chi connectivity index (χ1v) is 10.4. The summed E-state index contributed by atoms with van der Waals surface area (Å²) in [6, 6.07) is 0. The first-order chi connectivity index (χ1) is 11.1. The summed E-state index contributed by atoms with van der Waals surface area (Å²) in [6.45, 7) is 8.35. The molecule has 0 spiro atoms. The molecule has 0 bridgehead atoms. The summed E-state index contributed by atoms with van der Waals surface area (Å²) in [5.41, 5.74) is -1.68. The minimum Gasteiger partial charge on any atom is -0.393 e. The quantitative estimate of drug-likeness (QED) is 0.696. The van der Waals surface area contributed by atoms with Gasteiger partial charge >= 0.3 is 0 Å². The molecule has 0 aromatic rings. The molecular weight excluding hydrogens is 368 g/mol. The van der Waals surface area contributed by atoms with Crippen LogP contribution in [0, 0.1) is 34.5 Å². The van der Waals surface area contributed by atoms with Crippen molar-refractivity contribution in [1.29, 1.82) is 0 Å². The first-order valence-electron chi connectivity index (χ1n) is 9.30. The predicted molar refractivity (Wildman–Crippen MR) is 98.9 cm³/mol. The van der Waals surface area contributed by atoms with Gasteiger partial charge in [0.15, 0.2) is 5.78 Å². The lowest BCUT2D eigenvalue weighted by molar-refractivity contribution is -0.201. The minimum absolute atomic E-state index is 0.0501. The molecule has 0 aromatic heterocycles. The molecule has 0 heterocycles. The molecule has 3 nitrogen and oxygen atoms in total. The molecule has 2 fully saturated rings. The molecule has 3 rings (SSSR count). The van der Waals surface area contributed by atoms with Crippen molar-refractivity contribution in [3.05, 3.63) is 12.2 Å². The van der Waals surface area contributed by atoms with E-state index in [0.717, 1.165) is 31.0 Å².